The maximum absolute atomic E-state index is 12.0. The van der Waals surface area contributed by atoms with Gasteiger partial charge in [-0.15, -0.1) is 0 Å². The molecule has 0 saturated heterocycles. The summed E-state index contributed by atoms with van der Waals surface area (Å²) in [5, 5.41) is 6.83. The maximum Gasteiger partial charge on any atom is 0.279 e. The van der Waals surface area contributed by atoms with Crippen molar-refractivity contribution in [3.63, 3.8) is 0 Å². The Morgan fingerprint density at radius 3 is 2.52 bits per heavy atom. The van der Waals surface area contributed by atoms with Gasteiger partial charge >= 0.3 is 0 Å². The highest BCUT2D eigenvalue weighted by Gasteiger charge is 2.19. The summed E-state index contributed by atoms with van der Waals surface area (Å²) in [6.45, 7) is 0.705. The standard InChI is InChI=1S/C13H16N4O4/c1-17(13(18)11-12(14)16-21-15-11)7-8-20-10-5-3-9(19-2)4-6-10/h3-6H,7-8H2,1-2H3,(H2,14,16). The smallest absolute Gasteiger partial charge is 0.279 e. The molecule has 0 saturated carbocycles. The van der Waals surface area contributed by atoms with Crippen LogP contribution in [-0.2, 0) is 0 Å². The summed E-state index contributed by atoms with van der Waals surface area (Å²) in [4.78, 5) is 13.4. The van der Waals surface area contributed by atoms with Crippen LogP contribution < -0.4 is 15.2 Å². The first kappa shape index (κ1) is 14.6. The molecular formula is C13H16N4O4. The van der Waals surface area contributed by atoms with Gasteiger partial charge in [-0.25, -0.2) is 4.63 Å². The van der Waals surface area contributed by atoms with Crippen LogP contribution in [0.25, 0.3) is 0 Å². The van der Waals surface area contributed by atoms with E-state index in [0.29, 0.717) is 18.9 Å². The van der Waals surface area contributed by atoms with E-state index in [1.54, 1.807) is 38.4 Å². The van der Waals surface area contributed by atoms with Gasteiger partial charge < -0.3 is 20.1 Å². The number of nitrogens with two attached hydrogens (primary N) is 1. The number of hydrogen-bond acceptors (Lipinski definition) is 7. The Hall–Kier alpha value is -2.77. The lowest BCUT2D eigenvalue weighted by atomic mass is 10.3. The summed E-state index contributed by atoms with van der Waals surface area (Å²) in [6, 6.07) is 7.18. The van der Waals surface area contributed by atoms with Gasteiger partial charge in [-0.2, -0.15) is 0 Å². The van der Waals surface area contributed by atoms with Gasteiger partial charge in [0.15, 0.2) is 0 Å². The van der Waals surface area contributed by atoms with Crippen LogP contribution in [0.4, 0.5) is 5.82 Å². The van der Waals surface area contributed by atoms with Crippen LogP contribution in [0.15, 0.2) is 28.9 Å². The molecule has 0 aliphatic heterocycles. The summed E-state index contributed by atoms with van der Waals surface area (Å²) >= 11 is 0. The fourth-order valence-corrected chi connectivity index (χ4v) is 1.60. The molecule has 1 aromatic heterocycles. The minimum atomic E-state index is -0.368. The number of anilines is 1. The summed E-state index contributed by atoms with van der Waals surface area (Å²) in [5.74, 6) is 1.05. The van der Waals surface area contributed by atoms with Crippen molar-refractivity contribution in [1.82, 2.24) is 15.2 Å². The molecule has 0 fully saturated rings. The summed E-state index contributed by atoms with van der Waals surface area (Å²) in [6.07, 6.45) is 0. The maximum atomic E-state index is 12.0. The summed E-state index contributed by atoms with van der Waals surface area (Å²) in [5.41, 5.74) is 5.47. The predicted molar refractivity (Wildman–Crippen MR) is 74.2 cm³/mol. The number of rotatable bonds is 6. The second-order valence-electron chi connectivity index (χ2n) is 4.25. The first-order valence-corrected chi connectivity index (χ1v) is 6.22. The lowest BCUT2D eigenvalue weighted by Crippen LogP contribution is -2.31. The zero-order valence-electron chi connectivity index (χ0n) is 11.8. The zero-order valence-corrected chi connectivity index (χ0v) is 11.8. The third kappa shape index (κ3) is 3.62. The third-order valence-corrected chi connectivity index (χ3v) is 2.82. The van der Waals surface area contributed by atoms with Crippen molar-refractivity contribution >= 4 is 11.7 Å². The molecule has 2 rings (SSSR count). The van der Waals surface area contributed by atoms with Gasteiger partial charge in [0.05, 0.1) is 13.7 Å². The molecule has 0 bridgehead atoms. The second kappa shape index (κ2) is 6.60. The van der Waals surface area contributed by atoms with Crippen LogP contribution in [0, 0.1) is 0 Å². The van der Waals surface area contributed by atoms with Crippen molar-refractivity contribution in [2.24, 2.45) is 0 Å². The van der Waals surface area contributed by atoms with Crippen LogP contribution in [0.1, 0.15) is 10.5 Å². The normalized spacial score (nSPS) is 10.2. The number of aromatic nitrogens is 2. The first-order valence-electron chi connectivity index (χ1n) is 6.22. The molecule has 0 spiro atoms. The topological polar surface area (TPSA) is 104 Å². The average molecular weight is 292 g/mol. The van der Waals surface area contributed by atoms with E-state index in [4.69, 9.17) is 15.2 Å². The van der Waals surface area contributed by atoms with Crippen LogP contribution in [0.5, 0.6) is 11.5 Å². The van der Waals surface area contributed by atoms with Crippen LogP contribution in [-0.4, -0.2) is 48.4 Å². The SMILES string of the molecule is COc1ccc(OCCN(C)C(=O)c2nonc2N)cc1. The number of hydrogen-bond donors (Lipinski definition) is 1. The molecule has 0 unspecified atom stereocenters. The van der Waals surface area contributed by atoms with Crippen LogP contribution in [0.2, 0.25) is 0 Å². The molecule has 0 radical (unpaired) electrons. The molecule has 0 aliphatic rings. The van der Waals surface area contributed by atoms with Gasteiger partial charge in [0.2, 0.25) is 11.5 Å². The second-order valence-corrected chi connectivity index (χ2v) is 4.25. The number of carbonyl (C=O) groups is 1. The molecule has 21 heavy (non-hydrogen) atoms. The molecule has 1 aromatic carbocycles. The molecule has 0 atom stereocenters. The van der Waals surface area contributed by atoms with E-state index in [0.717, 1.165) is 5.75 Å². The van der Waals surface area contributed by atoms with Crippen LogP contribution >= 0.6 is 0 Å². The molecule has 0 aliphatic carbocycles. The number of ether oxygens (including phenoxy) is 2. The Balaban J connectivity index is 1.82. The quantitative estimate of drug-likeness (QED) is 0.840. The van der Waals surface area contributed by atoms with Gasteiger partial charge in [-0.1, -0.05) is 0 Å². The van der Waals surface area contributed by atoms with E-state index in [-0.39, 0.29) is 17.4 Å². The van der Waals surface area contributed by atoms with Gasteiger partial charge in [-0.05, 0) is 34.6 Å². The van der Waals surface area contributed by atoms with Gasteiger partial charge in [-0.3, -0.25) is 4.79 Å². The monoisotopic (exact) mass is 292 g/mol. The van der Waals surface area contributed by atoms with Crippen molar-refractivity contribution in [3.05, 3.63) is 30.0 Å². The van der Waals surface area contributed by atoms with E-state index < -0.39 is 0 Å². The van der Waals surface area contributed by atoms with Crippen molar-refractivity contribution in [3.8, 4) is 11.5 Å². The molecular weight excluding hydrogens is 276 g/mol. The molecule has 2 N–H and O–H groups in total. The molecule has 1 heterocycles. The van der Waals surface area contributed by atoms with Gasteiger partial charge in [0.1, 0.15) is 18.1 Å². The fraction of sp³-hybridized carbons (Fsp3) is 0.308. The third-order valence-electron chi connectivity index (χ3n) is 2.82. The predicted octanol–water partition coefficient (Wildman–Crippen LogP) is 0.811. The number of likely N-dealkylation sites (N-methyl/N-ethyl adjacent to an activating group) is 1. The molecule has 8 heteroatoms. The highest BCUT2D eigenvalue weighted by atomic mass is 16.6. The average Bonchev–Trinajstić information content (AvgIpc) is 2.93. The summed E-state index contributed by atoms with van der Waals surface area (Å²) in [7, 11) is 3.22. The van der Waals surface area contributed by atoms with Crippen molar-refractivity contribution in [2.45, 2.75) is 0 Å². The first-order chi connectivity index (χ1) is 10.1. The number of nitrogen functional groups attached to an aromatic ring is 1. The molecule has 8 nitrogen and oxygen atoms in total. The highest BCUT2D eigenvalue weighted by Crippen LogP contribution is 2.17. The Labute approximate surface area is 121 Å². The fourth-order valence-electron chi connectivity index (χ4n) is 1.60. The van der Waals surface area contributed by atoms with E-state index in [2.05, 4.69) is 14.9 Å². The number of benzene rings is 1. The Morgan fingerprint density at radius 2 is 1.95 bits per heavy atom. The number of amides is 1. The van der Waals surface area contributed by atoms with Crippen molar-refractivity contribution in [1.29, 1.82) is 0 Å². The highest BCUT2D eigenvalue weighted by molar-refractivity contribution is 5.95. The zero-order chi connectivity index (χ0) is 15.2. The van der Waals surface area contributed by atoms with E-state index >= 15 is 0 Å². The Bertz CT molecular complexity index is 596. The lowest BCUT2D eigenvalue weighted by molar-refractivity contribution is 0.0763. The molecule has 112 valence electrons. The van der Waals surface area contributed by atoms with E-state index in [9.17, 15) is 4.79 Å². The number of nitrogens with zero attached hydrogens (tertiary/aromatic N) is 3. The van der Waals surface area contributed by atoms with Crippen LogP contribution in [0.3, 0.4) is 0 Å². The summed E-state index contributed by atoms with van der Waals surface area (Å²) < 4.78 is 15.0. The van der Waals surface area contributed by atoms with Crippen molar-refractivity contribution < 1.29 is 18.9 Å². The largest absolute Gasteiger partial charge is 0.497 e. The number of methoxy groups -OCH3 is 1. The van der Waals surface area contributed by atoms with E-state index in [1.165, 1.54) is 4.90 Å². The van der Waals surface area contributed by atoms with Crippen molar-refractivity contribution in [2.75, 3.05) is 33.0 Å². The Kier molecular flexibility index (Phi) is 4.60. The van der Waals surface area contributed by atoms with E-state index in [1.807, 2.05) is 0 Å². The molecule has 2 aromatic rings. The Morgan fingerprint density at radius 1 is 1.29 bits per heavy atom. The number of carbonyl (C=O) groups excluding carboxylic acids is 1. The minimum absolute atomic E-state index is 0.00180. The lowest BCUT2D eigenvalue weighted by Gasteiger charge is -2.16. The minimum Gasteiger partial charge on any atom is -0.497 e. The van der Waals surface area contributed by atoms with Gasteiger partial charge in [0, 0.05) is 7.05 Å². The van der Waals surface area contributed by atoms with Gasteiger partial charge in [0.25, 0.3) is 5.91 Å². The molecule has 1 amide bonds.